The first-order valence-corrected chi connectivity index (χ1v) is 8.15. The second kappa shape index (κ2) is 8.45. The monoisotopic (exact) mass is 340 g/mol. The normalized spacial score (nSPS) is 15.2. The Hall–Kier alpha value is -1.65. The molecular formula is C19H32O5. The van der Waals surface area contributed by atoms with Gasteiger partial charge in [-0.05, 0) is 22.8 Å². The van der Waals surface area contributed by atoms with Crippen molar-refractivity contribution in [3.8, 4) is 0 Å². The van der Waals surface area contributed by atoms with Crippen molar-refractivity contribution in [1.82, 2.24) is 0 Å². The van der Waals surface area contributed by atoms with Crippen LogP contribution in [0.25, 0.3) is 0 Å². The summed E-state index contributed by atoms with van der Waals surface area (Å²) in [5.41, 5.74) is -0.603. The molecule has 0 aromatic rings. The maximum Gasteiger partial charge on any atom is 0.320 e. The maximum atomic E-state index is 12.6. The van der Waals surface area contributed by atoms with Gasteiger partial charge < -0.3 is 9.47 Å². The largest absolute Gasteiger partial charge is 0.468 e. The van der Waals surface area contributed by atoms with Crippen LogP contribution in [0.15, 0.2) is 12.2 Å². The number of hydrogen-bond donors (Lipinski definition) is 0. The number of rotatable bonds is 6. The van der Waals surface area contributed by atoms with E-state index in [4.69, 9.17) is 9.47 Å². The van der Waals surface area contributed by atoms with Crippen molar-refractivity contribution in [2.24, 2.45) is 28.6 Å². The van der Waals surface area contributed by atoms with Gasteiger partial charge in [0.25, 0.3) is 0 Å². The summed E-state index contributed by atoms with van der Waals surface area (Å²) in [6.45, 7) is 13.4. The first-order valence-electron chi connectivity index (χ1n) is 8.15. The summed E-state index contributed by atoms with van der Waals surface area (Å²) < 4.78 is 9.57. The first-order chi connectivity index (χ1) is 10.8. The van der Waals surface area contributed by atoms with Crippen LogP contribution >= 0.6 is 0 Å². The molecule has 0 saturated heterocycles. The summed E-state index contributed by atoms with van der Waals surface area (Å²) in [7, 11) is 2.45. The van der Waals surface area contributed by atoms with E-state index in [0.717, 1.165) is 0 Å². The molecule has 5 nitrogen and oxygen atoms in total. The first kappa shape index (κ1) is 22.4. The second-order valence-electron chi connectivity index (χ2n) is 8.31. The number of allylic oxidation sites excluding steroid dienone is 2. The van der Waals surface area contributed by atoms with E-state index in [1.165, 1.54) is 20.3 Å². The summed E-state index contributed by atoms with van der Waals surface area (Å²) in [4.78, 5) is 37.0. The Bertz CT molecular complexity index is 475. The highest BCUT2D eigenvalue weighted by atomic mass is 16.5. The molecule has 0 amide bonds. The molecule has 2 atom stereocenters. The molecule has 0 spiro atoms. The highest BCUT2D eigenvalue weighted by molar-refractivity contribution is 5.97. The zero-order valence-electron chi connectivity index (χ0n) is 16.4. The number of ketones is 1. The molecule has 0 aliphatic rings. The van der Waals surface area contributed by atoms with Crippen LogP contribution in [0.4, 0.5) is 0 Å². The Balaban J connectivity index is 5.84. The van der Waals surface area contributed by atoms with E-state index in [0.29, 0.717) is 0 Å². The van der Waals surface area contributed by atoms with Crippen molar-refractivity contribution >= 4 is 17.7 Å². The van der Waals surface area contributed by atoms with Gasteiger partial charge in [-0.3, -0.25) is 14.4 Å². The minimum Gasteiger partial charge on any atom is -0.468 e. The molecule has 0 aromatic carbocycles. The molecule has 0 aliphatic heterocycles. The highest BCUT2D eigenvalue weighted by Gasteiger charge is 2.47. The number of methoxy groups -OCH3 is 2. The van der Waals surface area contributed by atoms with Crippen LogP contribution in [0.1, 0.15) is 48.5 Å². The predicted octanol–water partition coefficient (Wildman–Crippen LogP) is 3.42. The van der Waals surface area contributed by atoms with Gasteiger partial charge in [0, 0.05) is 5.92 Å². The van der Waals surface area contributed by atoms with Gasteiger partial charge in [0.1, 0.15) is 0 Å². The minimum atomic E-state index is -1.14. The molecule has 0 aromatic heterocycles. The summed E-state index contributed by atoms with van der Waals surface area (Å²) in [5.74, 6) is -3.70. The van der Waals surface area contributed by atoms with Crippen molar-refractivity contribution in [1.29, 1.82) is 0 Å². The van der Waals surface area contributed by atoms with Crippen molar-refractivity contribution < 1.29 is 23.9 Å². The molecule has 0 bridgehead atoms. The fourth-order valence-corrected chi connectivity index (χ4v) is 2.84. The smallest absolute Gasteiger partial charge is 0.320 e. The van der Waals surface area contributed by atoms with E-state index in [2.05, 4.69) is 0 Å². The summed E-state index contributed by atoms with van der Waals surface area (Å²) in [6, 6.07) is 0. The van der Waals surface area contributed by atoms with Crippen molar-refractivity contribution in [3.63, 3.8) is 0 Å². The fraction of sp³-hybridized carbons (Fsp3) is 0.737. The molecule has 0 heterocycles. The van der Waals surface area contributed by atoms with Crippen LogP contribution in [0.2, 0.25) is 0 Å². The minimum absolute atomic E-state index is 0.123. The topological polar surface area (TPSA) is 69.7 Å². The molecule has 138 valence electrons. The number of ether oxygens (including phenoxy) is 2. The molecule has 0 saturated carbocycles. The van der Waals surface area contributed by atoms with Gasteiger partial charge in [0.2, 0.25) is 0 Å². The molecular weight excluding hydrogens is 308 g/mol. The summed E-state index contributed by atoms with van der Waals surface area (Å²) in [6.07, 6.45) is 3.37. The quantitative estimate of drug-likeness (QED) is 0.421. The van der Waals surface area contributed by atoms with Crippen molar-refractivity contribution in [2.75, 3.05) is 14.2 Å². The fourth-order valence-electron chi connectivity index (χ4n) is 2.84. The van der Waals surface area contributed by atoms with Crippen LogP contribution in [0, 0.1) is 28.6 Å². The lowest BCUT2D eigenvalue weighted by molar-refractivity contribution is -0.165. The molecule has 0 N–H and O–H groups in total. The second-order valence-corrected chi connectivity index (χ2v) is 8.31. The van der Waals surface area contributed by atoms with E-state index in [9.17, 15) is 14.4 Å². The van der Waals surface area contributed by atoms with Gasteiger partial charge in [-0.15, -0.1) is 0 Å². The average molecular weight is 340 g/mol. The van der Waals surface area contributed by atoms with Gasteiger partial charge >= 0.3 is 11.9 Å². The highest BCUT2D eigenvalue weighted by Crippen LogP contribution is 2.40. The predicted molar refractivity (Wildman–Crippen MR) is 93.2 cm³/mol. The van der Waals surface area contributed by atoms with Crippen LogP contribution in [0.3, 0.4) is 0 Å². The Morgan fingerprint density at radius 1 is 0.875 bits per heavy atom. The summed E-state index contributed by atoms with van der Waals surface area (Å²) in [5, 5.41) is 0. The lowest BCUT2D eigenvalue weighted by atomic mass is 9.65. The zero-order valence-corrected chi connectivity index (χ0v) is 16.4. The molecule has 0 rings (SSSR count). The summed E-state index contributed by atoms with van der Waals surface area (Å²) >= 11 is 0. The van der Waals surface area contributed by atoms with Crippen LogP contribution in [-0.2, 0) is 23.9 Å². The third-order valence-electron chi connectivity index (χ3n) is 4.00. The third kappa shape index (κ3) is 6.46. The molecule has 0 aliphatic carbocycles. The van der Waals surface area contributed by atoms with Crippen LogP contribution < -0.4 is 0 Å². The van der Waals surface area contributed by atoms with Gasteiger partial charge in [-0.25, -0.2) is 0 Å². The van der Waals surface area contributed by atoms with E-state index in [1.54, 1.807) is 6.92 Å². The van der Waals surface area contributed by atoms with Gasteiger partial charge in [-0.1, -0.05) is 54.5 Å². The SMILES string of the molecule is COC(=O)C(C(=O)OC)[C@H]([C@@H](C)C(=O)/C=C/C(C)(C)C)C(C)(C)C. The van der Waals surface area contributed by atoms with E-state index >= 15 is 0 Å². The zero-order chi connectivity index (χ0) is 19.3. The van der Waals surface area contributed by atoms with Crippen LogP contribution in [-0.4, -0.2) is 31.9 Å². The standard InChI is InChI=1S/C19H32O5/c1-12(13(20)10-11-18(2,3)4)15(19(5,6)7)14(16(21)23-8)17(22)24-9/h10-12,14-15H,1-9H3/b11-10+/t12-,15-/m0/s1. The Morgan fingerprint density at radius 2 is 1.29 bits per heavy atom. The third-order valence-corrected chi connectivity index (χ3v) is 4.00. The van der Waals surface area contributed by atoms with E-state index < -0.39 is 35.1 Å². The van der Waals surface area contributed by atoms with Crippen molar-refractivity contribution in [3.05, 3.63) is 12.2 Å². The number of carbonyl (C=O) groups excluding carboxylic acids is 3. The lowest BCUT2D eigenvalue weighted by Crippen LogP contribution is -2.44. The Kier molecular flexibility index (Phi) is 7.87. The van der Waals surface area contributed by atoms with Gasteiger partial charge in [0.15, 0.2) is 11.7 Å². The average Bonchev–Trinajstić information content (AvgIpc) is 2.45. The van der Waals surface area contributed by atoms with Crippen LogP contribution in [0.5, 0.6) is 0 Å². The Labute approximate surface area is 145 Å². The van der Waals surface area contributed by atoms with Gasteiger partial charge in [-0.2, -0.15) is 0 Å². The molecule has 0 unspecified atom stereocenters. The van der Waals surface area contributed by atoms with Gasteiger partial charge in [0.05, 0.1) is 14.2 Å². The Morgan fingerprint density at radius 3 is 1.58 bits per heavy atom. The maximum absolute atomic E-state index is 12.6. The number of hydrogen-bond acceptors (Lipinski definition) is 5. The van der Waals surface area contributed by atoms with E-state index in [1.807, 2.05) is 47.6 Å². The molecule has 24 heavy (non-hydrogen) atoms. The van der Waals surface area contributed by atoms with E-state index in [-0.39, 0.29) is 11.2 Å². The number of esters is 2. The number of carbonyl (C=O) groups is 3. The molecule has 5 heteroatoms. The molecule has 0 radical (unpaired) electrons. The lowest BCUT2D eigenvalue weighted by Gasteiger charge is -2.37. The van der Waals surface area contributed by atoms with Crippen molar-refractivity contribution in [2.45, 2.75) is 48.5 Å². The molecule has 0 fully saturated rings.